The maximum Gasteiger partial charge on any atom is 0.269 e. The zero-order valence-electron chi connectivity index (χ0n) is 14.8. The minimum atomic E-state index is -3.68. The van der Waals surface area contributed by atoms with Crippen LogP contribution in [0.15, 0.2) is 53.4 Å². The fraction of sp³-hybridized carbons (Fsp3) is 0.333. The highest BCUT2D eigenvalue weighted by Gasteiger charge is 2.24. The van der Waals surface area contributed by atoms with Crippen molar-refractivity contribution in [2.24, 2.45) is 0 Å². The third kappa shape index (κ3) is 5.10. The number of hydrogen-bond donors (Lipinski definition) is 0. The van der Waals surface area contributed by atoms with Crippen LogP contribution in [0.3, 0.4) is 0 Å². The van der Waals surface area contributed by atoms with Crippen LogP contribution < -0.4 is 0 Å². The number of nitro benzene ring substituents is 1. The molecule has 0 spiro atoms. The first-order valence-electron chi connectivity index (χ1n) is 8.13. The second-order valence-electron chi connectivity index (χ2n) is 5.92. The number of aryl methyl sites for hydroxylation is 1. The number of non-ortho nitro benzene ring substituents is 1. The van der Waals surface area contributed by atoms with Gasteiger partial charge in [0, 0.05) is 38.9 Å². The molecule has 0 N–H and O–H groups in total. The standard InChI is InChI=1S/C18H22N2O5S/c1-15-4-10-18(11-5-15)26(23,24)19(12-3-13-25-2)14-16-6-8-17(9-7-16)20(21)22/h4-11H,3,12-14H2,1-2H3. The van der Waals surface area contributed by atoms with Crippen LogP contribution in [-0.2, 0) is 21.3 Å². The van der Waals surface area contributed by atoms with Crippen molar-refractivity contribution in [1.82, 2.24) is 4.31 Å². The van der Waals surface area contributed by atoms with E-state index in [1.54, 1.807) is 43.5 Å². The molecule has 0 fully saturated rings. The van der Waals surface area contributed by atoms with Gasteiger partial charge in [0.15, 0.2) is 0 Å². The molecule has 0 saturated heterocycles. The fourth-order valence-corrected chi connectivity index (χ4v) is 3.92. The van der Waals surface area contributed by atoms with Crippen LogP contribution in [0.5, 0.6) is 0 Å². The van der Waals surface area contributed by atoms with Gasteiger partial charge in [0.25, 0.3) is 5.69 Å². The quantitative estimate of drug-likeness (QED) is 0.380. The van der Waals surface area contributed by atoms with E-state index in [0.29, 0.717) is 25.1 Å². The van der Waals surface area contributed by atoms with Crippen LogP contribution in [0.25, 0.3) is 0 Å². The molecule has 0 aliphatic heterocycles. The topological polar surface area (TPSA) is 89.8 Å². The van der Waals surface area contributed by atoms with Crippen LogP contribution in [0, 0.1) is 17.0 Å². The number of hydrogen-bond acceptors (Lipinski definition) is 5. The van der Waals surface area contributed by atoms with Gasteiger partial charge in [-0.1, -0.05) is 29.8 Å². The van der Waals surface area contributed by atoms with Gasteiger partial charge in [-0.05, 0) is 31.0 Å². The van der Waals surface area contributed by atoms with E-state index in [1.807, 2.05) is 6.92 Å². The SMILES string of the molecule is COCCCN(Cc1ccc([N+](=O)[O-])cc1)S(=O)(=O)c1ccc(C)cc1. The number of methoxy groups -OCH3 is 1. The van der Waals surface area contributed by atoms with Crippen molar-refractivity contribution in [2.75, 3.05) is 20.3 Å². The highest BCUT2D eigenvalue weighted by molar-refractivity contribution is 7.89. The zero-order chi connectivity index (χ0) is 19.2. The van der Waals surface area contributed by atoms with Crippen LogP contribution in [0.4, 0.5) is 5.69 Å². The highest BCUT2D eigenvalue weighted by atomic mass is 32.2. The summed E-state index contributed by atoms with van der Waals surface area (Å²) in [5.74, 6) is 0. The lowest BCUT2D eigenvalue weighted by Crippen LogP contribution is -2.32. The van der Waals surface area contributed by atoms with Gasteiger partial charge in [-0.3, -0.25) is 10.1 Å². The highest BCUT2D eigenvalue weighted by Crippen LogP contribution is 2.21. The minimum Gasteiger partial charge on any atom is -0.385 e. The molecule has 2 aromatic carbocycles. The Kier molecular flexibility index (Phi) is 6.84. The Morgan fingerprint density at radius 2 is 1.69 bits per heavy atom. The first-order valence-corrected chi connectivity index (χ1v) is 9.57. The van der Waals surface area contributed by atoms with Gasteiger partial charge in [0.2, 0.25) is 10.0 Å². The van der Waals surface area contributed by atoms with E-state index >= 15 is 0 Å². The van der Waals surface area contributed by atoms with Gasteiger partial charge >= 0.3 is 0 Å². The van der Waals surface area contributed by atoms with E-state index < -0.39 is 14.9 Å². The van der Waals surface area contributed by atoms with E-state index in [9.17, 15) is 18.5 Å². The number of ether oxygens (including phenoxy) is 1. The Hall–Kier alpha value is -2.29. The number of benzene rings is 2. The minimum absolute atomic E-state index is 0.0268. The molecule has 140 valence electrons. The number of nitrogens with zero attached hydrogens (tertiary/aromatic N) is 2. The monoisotopic (exact) mass is 378 g/mol. The lowest BCUT2D eigenvalue weighted by atomic mass is 10.2. The molecule has 0 aromatic heterocycles. The van der Waals surface area contributed by atoms with Gasteiger partial charge in [0.05, 0.1) is 9.82 Å². The van der Waals surface area contributed by atoms with Crippen molar-refractivity contribution in [3.63, 3.8) is 0 Å². The molecular formula is C18H22N2O5S. The Balaban J connectivity index is 2.26. The van der Waals surface area contributed by atoms with E-state index in [-0.39, 0.29) is 17.1 Å². The van der Waals surface area contributed by atoms with E-state index in [1.165, 1.54) is 16.4 Å². The van der Waals surface area contributed by atoms with Gasteiger partial charge in [-0.15, -0.1) is 0 Å². The van der Waals surface area contributed by atoms with Gasteiger partial charge in [0.1, 0.15) is 0 Å². The van der Waals surface area contributed by atoms with E-state index in [2.05, 4.69) is 0 Å². The second kappa shape index (κ2) is 8.88. The molecule has 0 aliphatic rings. The molecule has 7 nitrogen and oxygen atoms in total. The summed E-state index contributed by atoms with van der Waals surface area (Å²) in [6.45, 7) is 2.77. The lowest BCUT2D eigenvalue weighted by molar-refractivity contribution is -0.384. The van der Waals surface area contributed by atoms with Gasteiger partial charge < -0.3 is 4.74 Å². The van der Waals surface area contributed by atoms with Crippen molar-refractivity contribution in [1.29, 1.82) is 0 Å². The van der Waals surface area contributed by atoms with E-state index in [0.717, 1.165) is 5.56 Å². The Bertz CT molecular complexity index is 833. The molecule has 26 heavy (non-hydrogen) atoms. The molecule has 0 heterocycles. The summed E-state index contributed by atoms with van der Waals surface area (Å²) < 4.78 is 32.4. The summed E-state index contributed by atoms with van der Waals surface area (Å²) >= 11 is 0. The summed E-state index contributed by atoms with van der Waals surface area (Å²) in [5, 5.41) is 10.8. The van der Waals surface area contributed by atoms with Crippen LogP contribution in [0.2, 0.25) is 0 Å². The predicted molar refractivity (Wildman–Crippen MR) is 98.4 cm³/mol. The average molecular weight is 378 g/mol. The molecule has 0 saturated carbocycles. The molecule has 8 heteroatoms. The van der Waals surface area contributed by atoms with Crippen molar-refractivity contribution < 1.29 is 18.1 Å². The largest absolute Gasteiger partial charge is 0.385 e. The van der Waals surface area contributed by atoms with Crippen molar-refractivity contribution in [3.8, 4) is 0 Å². The molecule has 0 aliphatic carbocycles. The van der Waals surface area contributed by atoms with Crippen LogP contribution in [-0.4, -0.2) is 37.9 Å². The number of sulfonamides is 1. The maximum atomic E-state index is 13.0. The van der Waals surface area contributed by atoms with Gasteiger partial charge in [-0.25, -0.2) is 8.42 Å². The predicted octanol–water partition coefficient (Wildman–Crippen LogP) is 3.13. The summed E-state index contributed by atoms with van der Waals surface area (Å²) in [7, 11) is -2.11. The first kappa shape index (κ1) is 20.0. The van der Waals surface area contributed by atoms with Gasteiger partial charge in [-0.2, -0.15) is 4.31 Å². The van der Waals surface area contributed by atoms with Crippen molar-refractivity contribution in [2.45, 2.75) is 24.8 Å². The summed E-state index contributed by atoms with van der Waals surface area (Å²) in [5.41, 5.74) is 1.63. The normalized spacial score (nSPS) is 11.7. The Labute approximate surface area is 153 Å². The fourth-order valence-electron chi connectivity index (χ4n) is 2.46. The molecule has 0 atom stereocenters. The van der Waals surface area contributed by atoms with Crippen LogP contribution in [0.1, 0.15) is 17.5 Å². The molecule has 2 rings (SSSR count). The zero-order valence-corrected chi connectivity index (χ0v) is 15.6. The third-order valence-corrected chi connectivity index (χ3v) is 5.78. The molecular weight excluding hydrogens is 356 g/mol. The molecule has 0 unspecified atom stereocenters. The Morgan fingerprint density at radius 1 is 1.08 bits per heavy atom. The van der Waals surface area contributed by atoms with Crippen LogP contribution >= 0.6 is 0 Å². The Morgan fingerprint density at radius 3 is 2.23 bits per heavy atom. The van der Waals surface area contributed by atoms with Crippen molar-refractivity contribution in [3.05, 3.63) is 69.8 Å². The van der Waals surface area contributed by atoms with E-state index in [4.69, 9.17) is 4.74 Å². The summed E-state index contributed by atoms with van der Waals surface area (Å²) in [4.78, 5) is 10.5. The average Bonchev–Trinajstić information content (AvgIpc) is 2.61. The smallest absolute Gasteiger partial charge is 0.269 e. The molecule has 0 amide bonds. The number of rotatable bonds is 9. The van der Waals surface area contributed by atoms with Crippen molar-refractivity contribution >= 4 is 15.7 Å². The lowest BCUT2D eigenvalue weighted by Gasteiger charge is -2.22. The molecule has 2 aromatic rings. The number of nitro groups is 1. The maximum absolute atomic E-state index is 13.0. The summed E-state index contributed by atoms with van der Waals surface area (Å²) in [6.07, 6.45) is 0.550. The third-order valence-electron chi connectivity index (χ3n) is 3.92. The molecule has 0 bridgehead atoms. The summed E-state index contributed by atoms with van der Waals surface area (Å²) in [6, 6.07) is 12.6. The first-order chi connectivity index (χ1) is 12.3. The molecule has 0 radical (unpaired) electrons. The second-order valence-corrected chi connectivity index (χ2v) is 7.86.